The summed E-state index contributed by atoms with van der Waals surface area (Å²) in [5.41, 5.74) is -0.932. The lowest BCUT2D eigenvalue weighted by atomic mass is 10.1. The number of hydrogen-bond donors (Lipinski definition) is 2. The molecule has 0 aliphatic carbocycles. The van der Waals surface area contributed by atoms with Crippen LogP contribution in [0.5, 0.6) is 0 Å². The van der Waals surface area contributed by atoms with Crippen LogP contribution in [-0.4, -0.2) is 22.0 Å². The van der Waals surface area contributed by atoms with E-state index in [1.54, 1.807) is 6.92 Å². The van der Waals surface area contributed by atoms with E-state index in [4.69, 9.17) is 5.11 Å². The van der Waals surface area contributed by atoms with E-state index in [9.17, 15) is 23.7 Å². The second-order valence-electron chi connectivity index (χ2n) is 4.18. The zero-order valence-corrected chi connectivity index (χ0v) is 10.7. The van der Waals surface area contributed by atoms with Crippen molar-refractivity contribution in [3.8, 4) is 0 Å². The molecule has 2 N–H and O–H groups in total. The maximum atomic E-state index is 12.9. The zero-order chi connectivity index (χ0) is 15.3. The number of carboxylic acid groups (broad SMARTS) is 1. The Morgan fingerprint density at radius 2 is 2.15 bits per heavy atom. The highest BCUT2D eigenvalue weighted by atomic mass is 19.3. The van der Waals surface area contributed by atoms with Crippen molar-refractivity contribution in [1.82, 2.24) is 0 Å². The Morgan fingerprint density at radius 3 is 2.60 bits per heavy atom. The molecule has 8 heteroatoms. The fourth-order valence-corrected chi connectivity index (χ4v) is 1.70. The first-order valence-corrected chi connectivity index (χ1v) is 5.90. The molecule has 0 saturated heterocycles. The minimum Gasteiger partial charge on any atom is -0.481 e. The first-order chi connectivity index (χ1) is 9.35. The predicted molar refractivity (Wildman–Crippen MR) is 68.0 cm³/mol. The standard InChI is InChI=1S/C12H14F2N2O4/c1-2-7(5-11(17)18)15-10-4-3-8(16(19)20)6-9(10)12(13)14/h3-4,6-7,12,15H,2,5H2,1H3,(H,17,18). The van der Waals surface area contributed by atoms with E-state index in [1.165, 1.54) is 6.07 Å². The third-order valence-corrected chi connectivity index (χ3v) is 2.75. The van der Waals surface area contributed by atoms with Crippen LogP contribution in [0.15, 0.2) is 18.2 Å². The van der Waals surface area contributed by atoms with E-state index < -0.39 is 34.6 Å². The number of nitrogens with zero attached hydrogens (tertiary/aromatic N) is 1. The molecule has 0 aliphatic heterocycles. The van der Waals surface area contributed by atoms with Gasteiger partial charge in [0.25, 0.3) is 12.1 Å². The van der Waals surface area contributed by atoms with Crippen molar-refractivity contribution in [1.29, 1.82) is 0 Å². The van der Waals surface area contributed by atoms with Gasteiger partial charge in [-0.05, 0) is 12.5 Å². The number of nitrogens with one attached hydrogen (secondary N) is 1. The van der Waals surface area contributed by atoms with Gasteiger partial charge in [-0.3, -0.25) is 14.9 Å². The minimum absolute atomic E-state index is 0.0127. The van der Waals surface area contributed by atoms with Gasteiger partial charge in [0, 0.05) is 29.4 Å². The van der Waals surface area contributed by atoms with E-state index in [0.29, 0.717) is 6.42 Å². The SMILES string of the molecule is CCC(CC(=O)O)Nc1ccc([N+](=O)[O-])cc1C(F)F. The summed E-state index contributed by atoms with van der Waals surface area (Å²) in [5, 5.41) is 22.0. The molecule has 0 saturated carbocycles. The molecule has 1 aromatic rings. The maximum absolute atomic E-state index is 12.9. The molecule has 110 valence electrons. The first kappa shape index (κ1) is 15.8. The Hall–Kier alpha value is -2.25. The number of nitro benzene ring substituents is 1. The molecule has 0 radical (unpaired) electrons. The van der Waals surface area contributed by atoms with Crippen molar-refractivity contribution in [2.75, 3.05) is 5.32 Å². The van der Waals surface area contributed by atoms with Crippen LogP contribution in [0.3, 0.4) is 0 Å². The number of benzene rings is 1. The highest BCUT2D eigenvalue weighted by Gasteiger charge is 2.20. The number of non-ortho nitro benzene ring substituents is 1. The quantitative estimate of drug-likeness (QED) is 0.593. The van der Waals surface area contributed by atoms with Crippen LogP contribution >= 0.6 is 0 Å². The first-order valence-electron chi connectivity index (χ1n) is 5.90. The summed E-state index contributed by atoms with van der Waals surface area (Å²) in [6.07, 6.45) is -2.69. The number of rotatable bonds is 7. The van der Waals surface area contributed by atoms with Crippen molar-refractivity contribution in [2.24, 2.45) is 0 Å². The fourth-order valence-electron chi connectivity index (χ4n) is 1.70. The van der Waals surface area contributed by atoms with E-state index >= 15 is 0 Å². The van der Waals surface area contributed by atoms with Crippen molar-refractivity contribution >= 4 is 17.3 Å². The van der Waals surface area contributed by atoms with E-state index in [-0.39, 0.29) is 12.1 Å². The minimum atomic E-state index is -2.89. The van der Waals surface area contributed by atoms with Crippen molar-refractivity contribution < 1.29 is 23.6 Å². The molecular weight excluding hydrogens is 274 g/mol. The number of nitro groups is 1. The molecule has 0 amide bonds. The Labute approximate surface area is 113 Å². The van der Waals surface area contributed by atoms with Crippen LogP contribution in [0, 0.1) is 10.1 Å². The number of carbonyl (C=O) groups is 1. The lowest BCUT2D eigenvalue weighted by molar-refractivity contribution is -0.385. The average molecular weight is 288 g/mol. The molecule has 0 aliphatic rings. The lowest BCUT2D eigenvalue weighted by Crippen LogP contribution is -2.23. The second kappa shape index (κ2) is 6.78. The van der Waals surface area contributed by atoms with Gasteiger partial charge >= 0.3 is 5.97 Å². The van der Waals surface area contributed by atoms with E-state index in [0.717, 1.165) is 12.1 Å². The number of anilines is 1. The van der Waals surface area contributed by atoms with Crippen LogP contribution in [0.2, 0.25) is 0 Å². The summed E-state index contributed by atoms with van der Waals surface area (Å²) >= 11 is 0. The fraction of sp³-hybridized carbons (Fsp3) is 0.417. The largest absolute Gasteiger partial charge is 0.481 e. The normalized spacial score (nSPS) is 12.2. The Morgan fingerprint density at radius 1 is 1.50 bits per heavy atom. The molecule has 0 heterocycles. The van der Waals surface area contributed by atoms with Gasteiger partial charge in [0.05, 0.1) is 11.3 Å². The van der Waals surface area contributed by atoms with Gasteiger partial charge in [-0.25, -0.2) is 8.78 Å². The molecule has 0 fully saturated rings. The second-order valence-corrected chi connectivity index (χ2v) is 4.18. The van der Waals surface area contributed by atoms with Gasteiger partial charge in [-0.15, -0.1) is 0 Å². The van der Waals surface area contributed by atoms with Crippen molar-refractivity contribution in [3.05, 3.63) is 33.9 Å². The summed E-state index contributed by atoms with van der Waals surface area (Å²) in [6, 6.07) is 2.54. The summed E-state index contributed by atoms with van der Waals surface area (Å²) in [4.78, 5) is 20.5. The molecule has 1 atom stereocenters. The zero-order valence-electron chi connectivity index (χ0n) is 10.7. The predicted octanol–water partition coefficient (Wildman–Crippen LogP) is 3.20. The van der Waals surface area contributed by atoms with Crippen LogP contribution in [0.1, 0.15) is 31.8 Å². The summed E-state index contributed by atoms with van der Waals surface area (Å²) < 4.78 is 25.8. The number of aliphatic carboxylic acids is 1. The topological polar surface area (TPSA) is 92.5 Å². The molecule has 0 spiro atoms. The Balaban J connectivity index is 3.04. The number of halogens is 2. The van der Waals surface area contributed by atoms with Crippen LogP contribution in [0.25, 0.3) is 0 Å². The molecule has 6 nitrogen and oxygen atoms in total. The van der Waals surface area contributed by atoms with Gasteiger partial charge in [-0.2, -0.15) is 0 Å². The molecule has 20 heavy (non-hydrogen) atoms. The summed E-state index contributed by atoms with van der Waals surface area (Å²) in [5.74, 6) is -1.05. The highest BCUT2D eigenvalue weighted by Crippen LogP contribution is 2.31. The molecule has 1 rings (SSSR count). The molecule has 1 unspecified atom stereocenters. The van der Waals surface area contributed by atoms with Gasteiger partial charge < -0.3 is 10.4 Å². The van der Waals surface area contributed by atoms with Crippen molar-refractivity contribution in [2.45, 2.75) is 32.2 Å². The Bertz CT molecular complexity index is 508. The molecule has 1 aromatic carbocycles. The van der Waals surface area contributed by atoms with E-state index in [2.05, 4.69) is 5.32 Å². The van der Waals surface area contributed by atoms with Gasteiger partial charge in [0.15, 0.2) is 0 Å². The average Bonchev–Trinajstić information content (AvgIpc) is 2.37. The third kappa shape index (κ3) is 4.15. The smallest absolute Gasteiger partial charge is 0.305 e. The van der Waals surface area contributed by atoms with Gasteiger partial charge in [-0.1, -0.05) is 6.92 Å². The summed E-state index contributed by atoms with van der Waals surface area (Å²) in [6.45, 7) is 1.72. The highest BCUT2D eigenvalue weighted by molar-refractivity contribution is 5.68. The number of hydrogen-bond acceptors (Lipinski definition) is 4. The summed E-state index contributed by atoms with van der Waals surface area (Å²) in [7, 11) is 0. The number of alkyl halides is 2. The number of carboxylic acids is 1. The molecule has 0 aromatic heterocycles. The Kier molecular flexibility index (Phi) is 5.36. The van der Waals surface area contributed by atoms with Crippen LogP contribution < -0.4 is 5.32 Å². The third-order valence-electron chi connectivity index (χ3n) is 2.75. The van der Waals surface area contributed by atoms with Crippen molar-refractivity contribution in [3.63, 3.8) is 0 Å². The lowest BCUT2D eigenvalue weighted by Gasteiger charge is -2.18. The molecule has 0 bridgehead atoms. The maximum Gasteiger partial charge on any atom is 0.305 e. The van der Waals surface area contributed by atoms with E-state index in [1.807, 2.05) is 0 Å². The van der Waals surface area contributed by atoms with Gasteiger partial charge in [0.1, 0.15) is 0 Å². The monoisotopic (exact) mass is 288 g/mol. The van der Waals surface area contributed by atoms with Crippen LogP contribution in [0.4, 0.5) is 20.2 Å². The molecular formula is C12H14F2N2O4. The van der Waals surface area contributed by atoms with Crippen LogP contribution in [-0.2, 0) is 4.79 Å². The van der Waals surface area contributed by atoms with Gasteiger partial charge in [0.2, 0.25) is 0 Å².